The van der Waals surface area contributed by atoms with Crippen LogP contribution in [0, 0.1) is 3.57 Å². The topological polar surface area (TPSA) is 0 Å². The summed E-state index contributed by atoms with van der Waals surface area (Å²) in [6, 6.07) is 17.8. The van der Waals surface area contributed by atoms with Crippen molar-refractivity contribution in [1.82, 2.24) is 0 Å². The van der Waals surface area contributed by atoms with Gasteiger partial charge in [0.15, 0.2) is 0 Å². The Hall–Kier alpha value is -0.870. The average Bonchev–Trinajstić information content (AvgIpc) is 2.68. The molecule has 0 spiro atoms. The van der Waals surface area contributed by atoms with Crippen molar-refractivity contribution < 1.29 is 0 Å². The van der Waals surface area contributed by atoms with Gasteiger partial charge in [0.05, 0.1) is 0 Å². The normalized spacial score (nSPS) is 15.0. The maximum absolute atomic E-state index is 3.76. The van der Waals surface area contributed by atoms with Crippen molar-refractivity contribution in [3.8, 4) is 11.1 Å². The van der Waals surface area contributed by atoms with E-state index in [0.29, 0.717) is 0 Å². The summed E-state index contributed by atoms with van der Waals surface area (Å²) in [5, 5.41) is 2.63. The third kappa shape index (κ3) is 1.85. The van der Waals surface area contributed by atoms with Crippen LogP contribution in [-0.4, -0.2) is 0 Å². The van der Waals surface area contributed by atoms with Gasteiger partial charge in [0.25, 0.3) is 0 Å². The molecule has 0 nitrogen and oxygen atoms in total. The van der Waals surface area contributed by atoms with Crippen molar-refractivity contribution >= 4 is 49.3 Å². The standard InChI is InChI=1S/C19H14BrI/c1-19(2)15-9-11(21)7-8-14(15)18-13-6-4-3-5-12(13)17(20)10-16(18)19/h3-10H,1-2H3. The quantitative estimate of drug-likeness (QED) is 0.343. The van der Waals surface area contributed by atoms with Crippen LogP contribution in [0.1, 0.15) is 25.0 Å². The summed E-state index contributed by atoms with van der Waals surface area (Å²) in [4.78, 5) is 0. The van der Waals surface area contributed by atoms with Gasteiger partial charge in [0.2, 0.25) is 0 Å². The van der Waals surface area contributed by atoms with Gasteiger partial charge in [-0.05, 0) is 73.8 Å². The van der Waals surface area contributed by atoms with Crippen molar-refractivity contribution in [2.45, 2.75) is 19.3 Å². The molecule has 2 heteroatoms. The number of rotatable bonds is 0. The van der Waals surface area contributed by atoms with Crippen LogP contribution in [0.25, 0.3) is 21.9 Å². The zero-order chi connectivity index (χ0) is 14.8. The first-order valence-corrected chi connectivity index (χ1v) is 8.89. The Kier molecular flexibility index (Phi) is 2.99. The molecule has 21 heavy (non-hydrogen) atoms. The summed E-state index contributed by atoms with van der Waals surface area (Å²) < 4.78 is 2.49. The van der Waals surface area contributed by atoms with E-state index in [9.17, 15) is 0 Å². The summed E-state index contributed by atoms with van der Waals surface area (Å²) in [5.74, 6) is 0. The molecule has 3 aromatic rings. The van der Waals surface area contributed by atoms with Crippen LogP contribution >= 0.6 is 38.5 Å². The molecular formula is C19H14BrI. The minimum absolute atomic E-state index is 0.0540. The molecule has 0 aliphatic heterocycles. The fourth-order valence-electron chi connectivity index (χ4n) is 3.51. The van der Waals surface area contributed by atoms with Crippen molar-refractivity contribution in [2.75, 3.05) is 0 Å². The highest BCUT2D eigenvalue weighted by atomic mass is 127. The van der Waals surface area contributed by atoms with Crippen LogP contribution in [0.15, 0.2) is 53.0 Å². The summed E-state index contributed by atoms with van der Waals surface area (Å²) in [6.07, 6.45) is 0. The van der Waals surface area contributed by atoms with Gasteiger partial charge in [-0.15, -0.1) is 0 Å². The lowest BCUT2D eigenvalue weighted by atomic mass is 9.82. The van der Waals surface area contributed by atoms with Crippen LogP contribution in [0.5, 0.6) is 0 Å². The molecule has 0 fully saturated rings. The predicted molar refractivity (Wildman–Crippen MR) is 102 cm³/mol. The van der Waals surface area contributed by atoms with Crippen molar-refractivity contribution in [3.05, 3.63) is 67.7 Å². The Labute approximate surface area is 146 Å². The third-order valence-corrected chi connectivity index (χ3v) is 5.92. The molecule has 0 aromatic heterocycles. The number of benzene rings is 3. The first-order valence-electron chi connectivity index (χ1n) is 7.02. The zero-order valence-corrected chi connectivity index (χ0v) is 15.6. The summed E-state index contributed by atoms with van der Waals surface area (Å²) in [7, 11) is 0. The highest BCUT2D eigenvalue weighted by Gasteiger charge is 2.36. The number of hydrogen-bond acceptors (Lipinski definition) is 0. The fraction of sp³-hybridized carbons (Fsp3) is 0.158. The Morgan fingerprint density at radius 1 is 0.905 bits per heavy atom. The van der Waals surface area contributed by atoms with E-state index >= 15 is 0 Å². The molecule has 0 amide bonds. The molecule has 0 unspecified atom stereocenters. The van der Waals surface area contributed by atoms with E-state index in [2.05, 4.69) is 101 Å². The second-order valence-corrected chi connectivity index (χ2v) is 8.24. The maximum Gasteiger partial charge on any atom is 0.0257 e. The molecule has 4 rings (SSSR count). The molecule has 3 aromatic carbocycles. The van der Waals surface area contributed by atoms with E-state index in [1.807, 2.05) is 0 Å². The first-order chi connectivity index (χ1) is 10.00. The van der Waals surface area contributed by atoms with Crippen molar-refractivity contribution in [1.29, 1.82) is 0 Å². The Morgan fingerprint density at radius 2 is 1.62 bits per heavy atom. The smallest absolute Gasteiger partial charge is 0.0257 e. The van der Waals surface area contributed by atoms with Gasteiger partial charge in [-0.1, -0.05) is 60.1 Å². The molecule has 1 aliphatic carbocycles. The maximum atomic E-state index is 3.76. The van der Waals surface area contributed by atoms with E-state index in [1.165, 1.54) is 41.1 Å². The molecule has 0 saturated carbocycles. The average molecular weight is 449 g/mol. The molecule has 0 saturated heterocycles. The van der Waals surface area contributed by atoms with Crippen molar-refractivity contribution in [3.63, 3.8) is 0 Å². The van der Waals surface area contributed by atoms with E-state index < -0.39 is 0 Å². The SMILES string of the molecule is CC1(C)c2cc(I)ccc2-c2c1cc(Br)c1ccccc21. The van der Waals surface area contributed by atoms with E-state index in [-0.39, 0.29) is 5.41 Å². The van der Waals surface area contributed by atoms with Gasteiger partial charge in [-0.2, -0.15) is 0 Å². The van der Waals surface area contributed by atoms with Gasteiger partial charge < -0.3 is 0 Å². The molecule has 104 valence electrons. The Morgan fingerprint density at radius 3 is 2.38 bits per heavy atom. The summed E-state index contributed by atoms with van der Waals surface area (Å²) >= 11 is 6.16. The van der Waals surface area contributed by atoms with Gasteiger partial charge in [0, 0.05) is 13.5 Å². The van der Waals surface area contributed by atoms with Crippen LogP contribution in [0.2, 0.25) is 0 Å². The molecule has 0 atom stereocenters. The second-order valence-electron chi connectivity index (χ2n) is 6.14. The van der Waals surface area contributed by atoms with Crippen LogP contribution in [-0.2, 0) is 5.41 Å². The predicted octanol–water partition coefficient (Wildman–Crippen LogP) is 6.51. The fourth-order valence-corrected chi connectivity index (χ4v) is 4.58. The molecule has 0 bridgehead atoms. The van der Waals surface area contributed by atoms with Crippen LogP contribution < -0.4 is 0 Å². The monoisotopic (exact) mass is 448 g/mol. The third-order valence-electron chi connectivity index (χ3n) is 4.59. The summed E-state index contributed by atoms with van der Waals surface area (Å²) in [6.45, 7) is 4.66. The number of halogens is 2. The molecular weight excluding hydrogens is 435 g/mol. The van der Waals surface area contributed by atoms with E-state index in [4.69, 9.17) is 0 Å². The Balaban J connectivity index is 2.22. The van der Waals surface area contributed by atoms with E-state index in [1.54, 1.807) is 0 Å². The highest BCUT2D eigenvalue weighted by Crippen LogP contribution is 2.52. The van der Waals surface area contributed by atoms with Gasteiger partial charge in [-0.3, -0.25) is 0 Å². The largest absolute Gasteiger partial charge is 0.0616 e. The van der Waals surface area contributed by atoms with Crippen LogP contribution in [0.3, 0.4) is 0 Å². The number of hydrogen-bond donors (Lipinski definition) is 0. The minimum atomic E-state index is 0.0540. The minimum Gasteiger partial charge on any atom is -0.0616 e. The van der Waals surface area contributed by atoms with E-state index in [0.717, 1.165) is 0 Å². The first kappa shape index (κ1) is 13.8. The second kappa shape index (κ2) is 4.56. The lowest BCUT2D eigenvalue weighted by Gasteiger charge is -2.22. The molecule has 1 aliphatic rings. The lowest BCUT2D eigenvalue weighted by molar-refractivity contribution is 0.660. The Bertz CT molecular complexity index is 893. The highest BCUT2D eigenvalue weighted by molar-refractivity contribution is 14.1. The van der Waals surface area contributed by atoms with Crippen molar-refractivity contribution in [2.24, 2.45) is 0 Å². The molecule has 0 heterocycles. The lowest BCUT2D eigenvalue weighted by Crippen LogP contribution is -2.15. The zero-order valence-electron chi connectivity index (χ0n) is 11.9. The van der Waals surface area contributed by atoms with Gasteiger partial charge >= 0.3 is 0 Å². The van der Waals surface area contributed by atoms with Gasteiger partial charge in [-0.25, -0.2) is 0 Å². The molecule has 0 N–H and O–H groups in total. The summed E-state index contributed by atoms with van der Waals surface area (Å²) in [5.41, 5.74) is 5.71. The van der Waals surface area contributed by atoms with Gasteiger partial charge in [0.1, 0.15) is 0 Å². The molecule has 0 radical (unpaired) electrons. The van der Waals surface area contributed by atoms with Crippen LogP contribution in [0.4, 0.5) is 0 Å². The number of fused-ring (bicyclic) bond motifs is 5.